The van der Waals surface area contributed by atoms with E-state index in [4.69, 9.17) is 4.74 Å². The predicted octanol–water partition coefficient (Wildman–Crippen LogP) is 0.617. The Balaban J connectivity index is 2.26. The third-order valence-electron chi connectivity index (χ3n) is 2.62. The van der Waals surface area contributed by atoms with E-state index in [0.29, 0.717) is 18.9 Å². The molecule has 2 rings (SSSR count). The fourth-order valence-corrected chi connectivity index (χ4v) is 2.61. The molecule has 2 heterocycles. The van der Waals surface area contributed by atoms with E-state index in [-0.39, 0.29) is 0 Å². The summed E-state index contributed by atoms with van der Waals surface area (Å²) in [5.41, 5.74) is 0.947. The highest BCUT2D eigenvalue weighted by Gasteiger charge is 2.31. The third-order valence-corrected chi connectivity index (χ3v) is 3.69. The maximum Gasteiger partial charge on any atom is 0.158 e. The zero-order chi connectivity index (χ0) is 11.5. The summed E-state index contributed by atoms with van der Waals surface area (Å²) in [6.45, 7) is 2.46. The first-order valence-electron chi connectivity index (χ1n) is 5.22. The van der Waals surface area contributed by atoms with Crippen molar-refractivity contribution in [2.24, 2.45) is 0 Å². The molecule has 1 aromatic rings. The first-order chi connectivity index (χ1) is 7.68. The first kappa shape index (κ1) is 11.5. The average molecular weight is 242 g/mol. The second-order valence-electron chi connectivity index (χ2n) is 3.90. The molecule has 16 heavy (non-hydrogen) atoms. The van der Waals surface area contributed by atoms with Crippen LogP contribution >= 0.6 is 0 Å². The molecular weight excluding hydrogens is 228 g/mol. The van der Waals surface area contributed by atoms with Gasteiger partial charge in [-0.05, 0) is 25.3 Å². The fraction of sp³-hybridized carbons (Fsp3) is 0.600. The van der Waals surface area contributed by atoms with Crippen LogP contribution in [-0.4, -0.2) is 30.2 Å². The summed E-state index contributed by atoms with van der Waals surface area (Å²) in [5.74, 6) is 0.467. The van der Waals surface area contributed by atoms with Gasteiger partial charge in [-0.2, -0.15) is 0 Å². The lowest BCUT2D eigenvalue weighted by Gasteiger charge is -2.26. The Morgan fingerprint density at radius 1 is 1.38 bits per heavy atom. The number of aromatic nitrogens is 2. The molecule has 0 aromatic carbocycles. The Hall–Kier alpha value is -1.01. The molecule has 0 radical (unpaired) electrons. The Morgan fingerprint density at radius 2 is 2.06 bits per heavy atom. The third kappa shape index (κ3) is 2.38. The van der Waals surface area contributed by atoms with Crippen molar-refractivity contribution in [3.63, 3.8) is 0 Å². The van der Waals surface area contributed by atoms with E-state index < -0.39 is 22.1 Å². The van der Waals surface area contributed by atoms with Crippen molar-refractivity contribution in [2.45, 2.75) is 31.1 Å². The minimum atomic E-state index is -2.49. The highest BCUT2D eigenvalue weighted by molar-refractivity contribution is 7.73. The number of thiol groups is 1. The minimum Gasteiger partial charge on any atom is -0.369 e. The molecule has 1 fully saturated rings. The molecule has 1 aliphatic rings. The highest BCUT2D eigenvalue weighted by Crippen LogP contribution is 2.27. The minimum absolute atomic E-state index is 0.467. The van der Waals surface area contributed by atoms with Crippen molar-refractivity contribution in [1.82, 2.24) is 9.97 Å². The summed E-state index contributed by atoms with van der Waals surface area (Å²) >= 11 is 0. The number of ether oxygens (including phenoxy) is 1. The van der Waals surface area contributed by atoms with Crippen LogP contribution in [0.25, 0.3) is 0 Å². The molecule has 1 saturated heterocycles. The molecular formula is C10H14N2O3S. The molecule has 6 heteroatoms. The van der Waals surface area contributed by atoms with Crippen molar-refractivity contribution in [2.75, 3.05) is 6.61 Å². The van der Waals surface area contributed by atoms with Gasteiger partial charge in [0.15, 0.2) is 5.82 Å². The van der Waals surface area contributed by atoms with Crippen LogP contribution in [0.2, 0.25) is 0 Å². The van der Waals surface area contributed by atoms with Crippen LogP contribution in [0.15, 0.2) is 12.4 Å². The molecule has 88 valence electrons. The van der Waals surface area contributed by atoms with E-state index in [1.54, 1.807) is 12.4 Å². The van der Waals surface area contributed by atoms with Crippen molar-refractivity contribution < 1.29 is 13.2 Å². The van der Waals surface area contributed by atoms with Crippen LogP contribution in [0, 0.1) is 6.92 Å². The Morgan fingerprint density at radius 3 is 2.69 bits per heavy atom. The molecule has 0 amide bonds. The smallest absolute Gasteiger partial charge is 0.158 e. The predicted molar refractivity (Wildman–Crippen MR) is 58.8 cm³/mol. The SMILES string of the molecule is Cc1cnc([C@@H]2OCCC[C@H]2[SH](=O)=O)nc1. The monoisotopic (exact) mass is 242 g/mol. The summed E-state index contributed by atoms with van der Waals surface area (Å²) in [6.07, 6.45) is 4.25. The summed E-state index contributed by atoms with van der Waals surface area (Å²) in [6, 6.07) is 0. The Bertz CT molecular complexity index is 422. The quantitative estimate of drug-likeness (QED) is 0.770. The van der Waals surface area contributed by atoms with Gasteiger partial charge in [-0.25, -0.2) is 18.4 Å². The van der Waals surface area contributed by atoms with Crippen molar-refractivity contribution >= 4 is 10.7 Å². The lowest BCUT2D eigenvalue weighted by molar-refractivity contribution is 0.0132. The molecule has 5 nitrogen and oxygen atoms in total. The molecule has 0 N–H and O–H groups in total. The Labute approximate surface area is 95.8 Å². The molecule has 0 bridgehead atoms. The normalized spacial score (nSPS) is 25.9. The van der Waals surface area contributed by atoms with Gasteiger partial charge in [0.1, 0.15) is 16.8 Å². The molecule has 0 aliphatic carbocycles. The van der Waals surface area contributed by atoms with Crippen molar-refractivity contribution in [3.05, 3.63) is 23.8 Å². The largest absolute Gasteiger partial charge is 0.369 e. The van der Waals surface area contributed by atoms with Crippen LogP contribution in [0.4, 0.5) is 0 Å². The molecule has 0 unspecified atom stereocenters. The number of aryl methyl sites for hydroxylation is 1. The van der Waals surface area contributed by atoms with Crippen molar-refractivity contribution in [3.8, 4) is 0 Å². The second kappa shape index (κ2) is 4.88. The van der Waals surface area contributed by atoms with Crippen LogP contribution < -0.4 is 0 Å². The summed E-state index contributed by atoms with van der Waals surface area (Å²) in [4.78, 5) is 8.26. The lowest BCUT2D eigenvalue weighted by atomic mass is 10.1. The zero-order valence-electron chi connectivity index (χ0n) is 9.00. The topological polar surface area (TPSA) is 69.2 Å². The van der Waals surface area contributed by atoms with Gasteiger partial charge in [0.05, 0.1) is 5.25 Å². The zero-order valence-corrected chi connectivity index (χ0v) is 9.89. The van der Waals surface area contributed by atoms with Gasteiger partial charge in [-0.1, -0.05) is 0 Å². The van der Waals surface area contributed by atoms with Gasteiger partial charge in [-0.3, -0.25) is 0 Å². The van der Waals surface area contributed by atoms with E-state index in [0.717, 1.165) is 12.0 Å². The summed E-state index contributed by atoms with van der Waals surface area (Å²) in [5, 5.41) is -0.494. The van der Waals surface area contributed by atoms with E-state index in [1.165, 1.54) is 0 Å². The summed E-state index contributed by atoms with van der Waals surface area (Å²) in [7, 11) is -2.49. The molecule has 0 spiro atoms. The second-order valence-corrected chi connectivity index (χ2v) is 5.14. The van der Waals surface area contributed by atoms with Gasteiger partial charge in [0.2, 0.25) is 0 Å². The molecule has 1 aromatic heterocycles. The fourth-order valence-electron chi connectivity index (χ4n) is 1.78. The van der Waals surface area contributed by atoms with Gasteiger partial charge in [-0.15, -0.1) is 0 Å². The van der Waals surface area contributed by atoms with Crippen LogP contribution in [0.5, 0.6) is 0 Å². The number of hydrogen-bond acceptors (Lipinski definition) is 5. The maximum atomic E-state index is 11.1. The van der Waals surface area contributed by atoms with E-state index in [9.17, 15) is 8.42 Å². The maximum absolute atomic E-state index is 11.1. The number of hydrogen-bond donors (Lipinski definition) is 1. The van der Waals surface area contributed by atoms with Gasteiger partial charge >= 0.3 is 0 Å². The summed E-state index contributed by atoms with van der Waals surface area (Å²) < 4.78 is 27.7. The number of rotatable bonds is 2. The van der Waals surface area contributed by atoms with Gasteiger partial charge in [0.25, 0.3) is 0 Å². The standard InChI is InChI=1S/C10H14N2O3S/c1-7-5-11-10(12-6-7)9-8(16(13)14)3-2-4-15-9/h5-6,8-9,16H,2-4H2,1H3/t8-,9-/m1/s1. The average Bonchev–Trinajstić information content (AvgIpc) is 2.30. The first-order valence-corrected chi connectivity index (χ1v) is 6.47. The lowest BCUT2D eigenvalue weighted by Crippen LogP contribution is -2.29. The molecule has 1 aliphatic heterocycles. The van der Waals surface area contributed by atoms with E-state index in [2.05, 4.69) is 9.97 Å². The van der Waals surface area contributed by atoms with Crippen LogP contribution in [0.1, 0.15) is 30.3 Å². The van der Waals surface area contributed by atoms with E-state index >= 15 is 0 Å². The highest BCUT2D eigenvalue weighted by atomic mass is 32.2. The van der Waals surface area contributed by atoms with Crippen LogP contribution in [-0.2, 0) is 15.4 Å². The molecule has 2 atom stereocenters. The van der Waals surface area contributed by atoms with Crippen molar-refractivity contribution in [1.29, 1.82) is 0 Å². The Kier molecular flexibility index (Phi) is 3.50. The van der Waals surface area contributed by atoms with Gasteiger partial charge < -0.3 is 4.74 Å². The van der Waals surface area contributed by atoms with Gasteiger partial charge in [0, 0.05) is 19.0 Å². The number of nitrogens with zero attached hydrogens (tertiary/aromatic N) is 2. The van der Waals surface area contributed by atoms with Crippen LogP contribution in [0.3, 0.4) is 0 Å². The van der Waals surface area contributed by atoms with E-state index in [1.807, 2.05) is 6.92 Å². The molecule has 0 saturated carbocycles.